The molecule has 3 amide bonds. The Morgan fingerprint density at radius 3 is 1.52 bits per heavy atom. The number of esters is 2. The maximum atomic E-state index is 14.5. The SMILES string of the molecule is CC[C@@H](C)[C@H](OC(=O)[C@H](Cc1ccc(OC)cc1)N(C)C)C(=O)N[C@H](C(=O)N(C)[C@@H](Cc1ccc(O)cc1)C(=O)N(C)[C@H](Cc1ccc(O)cc1)C(=O)OC)C(C)C. The molecule has 3 aromatic rings. The molecule has 0 bridgehead atoms. The van der Waals surface area contributed by atoms with E-state index in [1.54, 1.807) is 83.3 Å². The number of rotatable bonds is 20. The van der Waals surface area contributed by atoms with Crippen LogP contribution in [0.1, 0.15) is 50.8 Å². The molecule has 0 aromatic heterocycles. The largest absolute Gasteiger partial charge is 0.508 e. The minimum atomic E-state index is -1.23. The Kier molecular flexibility index (Phi) is 17.5. The molecule has 3 rings (SSSR count). The van der Waals surface area contributed by atoms with Crippen LogP contribution in [0.4, 0.5) is 0 Å². The van der Waals surface area contributed by atoms with Crippen molar-refractivity contribution in [1.29, 1.82) is 0 Å². The summed E-state index contributed by atoms with van der Waals surface area (Å²) in [7, 11) is 9.21. The third kappa shape index (κ3) is 12.7. The Morgan fingerprint density at radius 2 is 1.09 bits per heavy atom. The molecule has 316 valence electrons. The number of likely N-dealkylation sites (N-methyl/N-ethyl adjacent to an activating group) is 3. The van der Waals surface area contributed by atoms with E-state index in [4.69, 9.17) is 14.2 Å². The zero-order chi connectivity index (χ0) is 43.3. The number of aromatic hydroxyl groups is 2. The standard InChI is InChI=1S/C44H60N4O10/c1-11-28(4)39(58-44(55)36(46(5)6)25-31-16-22-34(56-9)23-17-31)40(51)45-38(27(2)3)42(53)47(7)35(24-29-12-18-32(49)19-13-29)41(52)48(8)37(43(54)57-10)26-30-14-20-33(50)21-15-30/h12-23,27-28,35-39,49-50H,11,24-26H2,1-10H3,(H,45,51)/t28-,35+,36+,37-,38+,39+/m1/s1. The molecule has 0 radical (unpaired) electrons. The van der Waals surface area contributed by atoms with E-state index in [1.165, 1.54) is 55.3 Å². The molecule has 3 N–H and O–H groups in total. The highest BCUT2D eigenvalue weighted by Crippen LogP contribution is 2.22. The van der Waals surface area contributed by atoms with Gasteiger partial charge in [0.05, 0.1) is 14.2 Å². The Hall–Kier alpha value is -5.63. The molecule has 58 heavy (non-hydrogen) atoms. The van der Waals surface area contributed by atoms with E-state index in [1.807, 2.05) is 19.1 Å². The van der Waals surface area contributed by atoms with Gasteiger partial charge in [-0.3, -0.25) is 24.1 Å². The van der Waals surface area contributed by atoms with Gasteiger partial charge < -0.3 is 39.5 Å². The van der Waals surface area contributed by atoms with Crippen LogP contribution in [0.5, 0.6) is 17.2 Å². The van der Waals surface area contributed by atoms with Crippen molar-refractivity contribution in [2.45, 2.75) is 83.6 Å². The lowest BCUT2D eigenvalue weighted by molar-refractivity contribution is -0.164. The highest BCUT2D eigenvalue weighted by atomic mass is 16.6. The number of phenolic OH excluding ortho intramolecular Hbond substituents is 2. The molecule has 0 aliphatic carbocycles. The van der Waals surface area contributed by atoms with Gasteiger partial charge in [0, 0.05) is 32.9 Å². The van der Waals surface area contributed by atoms with Crippen LogP contribution >= 0.6 is 0 Å². The van der Waals surface area contributed by atoms with Crippen molar-refractivity contribution >= 4 is 29.7 Å². The number of phenols is 2. The summed E-state index contributed by atoms with van der Waals surface area (Å²) in [6.45, 7) is 7.18. The average molecular weight is 805 g/mol. The van der Waals surface area contributed by atoms with E-state index in [2.05, 4.69) is 5.32 Å². The molecule has 0 fully saturated rings. The maximum Gasteiger partial charge on any atom is 0.328 e. The van der Waals surface area contributed by atoms with Crippen LogP contribution in [0.15, 0.2) is 72.8 Å². The van der Waals surface area contributed by atoms with Gasteiger partial charge in [-0.15, -0.1) is 0 Å². The second-order valence-corrected chi connectivity index (χ2v) is 15.2. The van der Waals surface area contributed by atoms with Crippen molar-refractivity contribution in [3.63, 3.8) is 0 Å². The van der Waals surface area contributed by atoms with Gasteiger partial charge in [-0.05, 0) is 85.9 Å². The Balaban J connectivity index is 1.92. The van der Waals surface area contributed by atoms with Crippen molar-refractivity contribution in [2.75, 3.05) is 42.4 Å². The number of carbonyl (C=O) groups is 5. The van der Waals surface area contributed by atoms with Crippen LogP contribution in [-0.4, -0.2) is 127 Å². The number of methoxy groups -OCH3 is 2. The van der Waals surface area contributed by atoms with E-state index in [9.17, 15) is 34.2 Å². The van der Waals surface area contributed by atoms with Gasteiger partial charge in [-0.1, -0.05) is 64.1 Å². The molecule has 14 heteroatoms. The normalized spacial score (nSPS) is 14.3. The summed E-state index contributed by atoms with van der Waals surface area (Å²) in [4.78, 5) is 74.2. The first-order valence-electron chi connectivity index (χ1n) is 19.4. The number of nitrogens with zero attached hydrogens (tertiary/aromatic N) is 3. The van der Waals surface area contributed by atoms with Crippen LogP contribution in [0.3, 0.4) is 0 Å². The lowest BCUT2D eigenvalue weighted by atomic mass is 9.96. The van der Waals surface area contributed by atoms with E-state index < -0.39 is 71.8 Å². The molecule has 0 aliphatic heterocycles. The molecular formula is C44H60N4O10. The Morgan fingerprint density at radius 1 is 0.638 bits per heavy atom. The quantitative estimate of drug-likeness (QED) is 0.141. The number of carbonyl (C=O) groups excluding carboxylic acids is 5. The summed E-state index contributed by atoms with van der Waals surface area (Å²) in [5.41, 5.74) is 2.15. The lowest BCUT2D eigenvalue weighted by Crippen LogP contribution is -2.59. The van der Waals surface area contributed by atoms with Crippen LogP contribution in [0.2, 0.25) is 0 Å². The Labute approximate surface area is 342 Å². The van der Waals surface area contributed by atoms with Gasteiger partial charge >= 0.3 is 11.9 Å². The first-order valence-corrected chi connectivity index (χ1v) is 19.4. The highest BCUT2D eigenvalue weighted by molar-refractivity contribution is 5.95. The van der Waals surface area contributed by atoms with Crippen molar-refractivity contribution in [2.24, 2.45) is 11.8 Å². The summed E-state index contributed by atoms with van der Waals surface area (Å²) in [6.07, 6.45) is -0.341. The number of hydrogen-bond acceptors (Lipinski definition) is 11. The van der Waals surface area contributed by atoms with Gasteiger partial charge in [-0.2, -0.15) is 0 Å². The number of amides is 3. The van der Waals surface area contributed by atoms with Crippen molar-refractivity contribution in [3.8, 4) is 17.2 Å². The summed E-state index contributed by atoms with van der Waals surface area (Å²) >= 11 is 0. The molecule has 14 nitrogen and oxygen atoms in total. The van der Waals surface area contributed by atoms with Gasteiger partial charge in [0.2, 0.25) is 11.8 Å². The second kappa shape index (κ2) is 21.8. The number of nitrogens with one attached hydrogen (secondary N) is 1. The summed E-state index contributed by atoms with van der Waals surface area (Å²) in [5, 5.41) is 22.6. The van der Waals surface area contributed by atoms with E-state index in [0.29, 0.717) is 29.7 Å². The smallest absolute Gasteiger partial charge is 0.328 e. The minimum absolute atomic E-state index is 0.00475. The van der Waals surface area contributed by atoms with Crippen LogP contribution in [0, 0.1) is 11.8 Å². The summed E-state index contributed by atoms with van der Waals surface area (Å²) < 4.78 is 16.3. The molecule has 6 atom stereocenters. The van der Waals surface area contributed by atoms with E-state index in [0.717, 1.165) is 5.56 Å². The van der Waals surface area contributed by atoms with Crippen LogP contribution < -0.4 is 10.1 Å². The molecule has 0 spiro atoms. The minimum Gasteiger partial charge on any atom is -0.508 e. The van der Waals surface area contributed by atoms with Crippen LogP contribution in [-0.2, 0) is 52.7 Å². The molecular weight excluding hydrogens is 745 g/mol. The fraction of sp³-hybridized carbons (Fsp3) is 0.477. The average Bonchev–Trinajstić information content (AvgIpc) is 3.21. The van der Waals surface area contributed by atoms with Crippen molar-refractivity contribution < 1.29 is 48.4 Å². The van der Waals surface area contributed by atoms with Crippen molar-refractivity contribution in [1.82, 2.24) is 20.0 Å². The third-order valence-electron chi connectivity index (χ3n) is 10.5. The number of ether oxygens (including phenoxy) is 3. The molecule has 3 aromatic carbocycles. The first kappa shape index (κ1) is 46.8. The monoisotopic (exact) mass is 804 g/mol. The molecule has 0 unspecified atom stereocenters. The summed E-state index contributed by atoms with van der Waals surface area (Å²) in [6, 6.07) is 15.6. The number of benzene rings is 3. The highest BCUT2D eigenvalue weighted by Gasteiger charge is 2.40. The maximum absolute atomic E-state index is 14.5. The van der Waals surface area contributed by atoms with Crippen LogP contribution in [0.25, 0.3) is 0 Å². The molecule has 0 aliphatic rings. The number of hydrogen-bond donors (Lipinski definition) is 3. The predicted molar refractivity (Wildman–Crippen MR) is 219 cm³/mol. The fourth-order valence-corrected chi connectivity index (χ4v) is 6.43. The predicted octanol–water partition coefficient (Wildman–Crippen LogP) is 3.99. The topological polar surface area (TPSA) is 175 Å². The second-order valence-electron chi connectivity index (χ2n) is 15.2. The Bertz CT molecular complexity index is 1820. The zero-order valence-corrected chi connectivity index (χ0v) is 35.3. The van der Waals surface area contributed by atoms with Gasteiger partial charge in [-0.25, -0.2) is 4.79 Å². The van der Waals surface area contributed by atoms with Gasteiger partial charge in [0.15, 0.2) is 6.10 Å². The zero-order valence-electron chi connectivity index (χ0n) is 35.3. The van der Waals surface area contributed by atoms with E-state index >= 15 is 0 Å². The molecule has 0 heterocycles. The van der Waals surface area contributed by atoms with Gasteiger partial charge in [0.25, 0.3) is 5.91 Å². The molecule has 0 saturated carbocycles. The summed E-state index contributed by atoms with van der Waals surface area (Å²) in [5.74, 6) is -3.22. The van der Waals surface area contributed by atoms with E-state index in [-0.39, 0.29) is 24.3 Å². The third-order valence-corrected chi connectivity index (χ3v) is 10.5. The molecule has 0 saturated heterocycles. The lowest BCUT2D eigenvalue weighted by Gasteiger charge is -2.36. The first-order chi connectivity index (χ1) is 27.4. The van der Waals surface area contributed by atoms with Crippen molar-refractivity contribution in [3.05, 3.63) is 89.5 Å². The van der Waals surface area contributed by atoms with Gasteiger partial charge in [0.1, 0.15) is 41.4 Å². The fourth-order valence-electron chi connectivity index (χ4n) is 6.43.